The summed E-state index contributed by atoms with van der Waals surface area (Å²) in [5.74, 6) is 0.345. The molecule has 0 saturated carbocycles. The summed E-state index contributed by atoms with van der Waals surface area (Å²) in [5, 5.41) is 3.23. The predicted molar refractivity (Wildman–Crippen MR) is 91.4 cm³/mol. The molecule has 1 aromatic carbocycles. The van der Waals surface area contributed by atoms with Crippen molar-refractivity contribution in [3.05, 3.63) is 34.3 Å². The molecule has 0 spiro atoms. The van der Waals surface area contributed by atoms with Crippen molar-refractivity contribution in [2.45, 2.75) is 50.3 Å². The molecule has 1 N–H and O–H groups in total. The summed E-state index contributed by atoms with van der Waals surface area (Å²) < 4.78 is 25.9. The van der Waals surface area contributed by atoms with Gasteiger partial charge in [0.1, 0.15) is 0 Å². The standard InChI is InChI=1S/C16H24BrNO2S/c1-2-10-18-15(12-13-7-3-4-8-14(13)17)16-9-5-6-11-21(16,19)20/h3-4,7-8,15-16,18H,2,5-6,9-12H2,1H3. The van der Waals surface area contributed by atoms with Crippen LogP contribution in [0.2, 0.25) is 0 Å². The maximum atomic E-state index is 12.4. The second kappa shape index (κ2) is 7.75. The van der Waals surface area contributed by atoms with E-state index in [0.717, 1.165) is 43.1 Å². The zero-order chi connectivity index (χ0) is 15.3. The summed E-state index contributed by atoms with van der Waals surface area (Å²) in [5.41, 5.74) is 1.17. The molecule has 21 heavy (non-hydrogen) atoms. The fourth-order valence-corrected chi connectivity index (χ4v) is 5.57. The van der Waals surface area contributed by atoms with Crippen molar-refractivity contribution < 1.29 is 8.42 Å². The Bertz CT molecular complexity index is 559. The maximum absolute atomic E-state index is 12.4. The molecule has 1 fully saturated rings. The summed E-state index contributed by atoms with van der Waals surface area (Å²) in [6.07, 6.45) is 4.39. The average Bonchev–Trinajstić information content (AvgIpc) is 2.45. The van der Waals surface area contributed by atoms with Crippen LogP contribution in [0.15, 0.2) is 28.7 Å². The zero-order valence-electron chi connectivity index (χ0n) is 12.5. The Balaban J connectivity index is 2.19. The Morgan fingerprint density at radius 3 is 2.76 bits per heavy atom. The van der Waals surface area contributed by atoms with Crippen molar-refractivity contribution in [3.63, 3.8) is 0 Å². The minimum absolute atomic E-state index is 0.00829. The fraction of sp³-hybridized carbons (Fsp3) is 0.625. The highest BCUT2D eigenvalue weighted by Crippen LogP contribution is 2.26. The van der Waals surface area contributed by atoms with Crippen molar-refractivity contribution in [2.24, 2.45) is 0 Å². The third kappa shape index (κ3) is 4.54. The first-order chi connectivity index (χ1) is 10.0. The van der Waals surface area contributed by atoms with E-state index < -0.39 is 9.84 Å². The van der Waals surface area contributed by atoms with E-state index in [2.05, 4.69) is 34.2 Å². The molecule has 3 nitrogen and oxygen atoms in total. The van der Waals surface area contributed by atoms with Crippen LogP contribution in [-0.2, 0) is 16.3 Å². The lowest BCUT2D eigenvalue weighted by atomic mass is 9.99. The Morgan fingerprint density at radius 2 is 2.10 bits per heavy atom. The summed E-state index contributed by atoms with van der Waals surface area (Å²) >= 11 is 3.57. The first-order valence-electron chi connectivity index (χ1n) is 7.73. The lowest BCUT2D eigenvalue weighted by Crippen LogP contribution is -2.48. The third-order valence-electron chi connectivity index (χ3n) is 4.13. The summed E-state index contributed by atoms with van der Waals surface area (Å²) in [6.45, 7) is 2.97. The quantitative estimate of drug-likeness (QED) is 0.831. The predicted octanol–water partition coefficient (Wildman–Crippen LogP) is 3.33. The highest BCUT2D eigenvalue weighted by Gasteiger charge is 2.35. The first-order valence-corrected chi connectivity index (χ1v) is 10.2. The molecule has 0 amide bonds. The van der Waals surface area contributed by atoms with E-state index in [-0.39, 0.29) is 11.3 Å². The second-order valence-corrected chi connectivity index (χ2v) is 8.95. The number of hydrogen-bond donors (Lipinski definition) is 1. The normalized spacial score (nSPS) is 22.9. The van der Waals surface area contributed by atoms with Crippen LogP contribution in [0.3, 0.4) is 0 Å². The second-order valence-electron chi connectivity index (χ2n) is 5.76. The topological polar surface area (TPSA) is 46.2 Å². The van der Waals surface area contributed by atoms with Crippen LogP contribution in [-0.4, -0.2) is 32.0 Å². The van der Waals surface area contributed by atoms with E-state index in [1.54, 1.807) is 0 Å². The summed E-state index contributed by atoms with van der Waals surface area (Å²) in [7, 11) is -2.96. The Kier molecular flexibility index (Phi) is 6.26. The van der Waals surface area contributed by atoms with E-state index in [4.69, 9.17) is 0 Å². The number of halogens is 1. The molecule has 1 aliphatic heterocycles. The van der Waals surface area contributed by atoms with Gasteiger partial charge in [0.15, 0.2) is 9.84 Å². The molecule has 1 aliphatic rings. The molecule has 1 aromatic rings. The number of hydrogen-bond acceptors (Lipinski definition) is 3. The fourth-order valence-electron chi connectivity index (χ4n) is 3.00. The monoisotopic (exact) mass is 373 g/mol. The molecule has 2 rings (SSSR count). The van der Waals surface area contributed by atoms with Crippen molar-refractivity contribution in [1.29, 1.82) is 0 Å². The molecule has 5 heteroatoms. The molecule has 2 atom stereocenters. The van der Waals surface area contributed by atoms with Crippen LogP contribution in [0.5, 0.6) is 0 Å². The largest absolute Gasteiger partial charge is 0.312 e. The Morgan fingerprint density at radius 1 is 1.33 bits per heavy atom. The van der Waals surface area contributed by atoms with Crippen LogP contribution in [0.4, 0.5) is 0 Å². The van der Waals surface area contributed by atoms with Gasteiger partial charge in [-0.25, -0.2) is 8.42 Å². The highest BCUT2D eigenvalue weighted by atomic mass is 79.9. The van der Waals surface area contributed by atoms with Crippen LogP contribution >= 0.6 is 15.9 Å². The number of benzene rings is 1. The van der Waals surface area contributed by atoms with E-state index in [1.807, 2.05) is 18.2 Å². The molecule has 0 radical (unpaired) electrons. The van der Waals surface area contributed by atoms with E-state index in [1.165, 1.54) is 5.56 Å². The van der Waals surface area contributed by atoms with E-state index in [0.29, 0.717) is 5.75 Å². The van der Waals surface area contributed by atoms with Gasteiger partial charge in [-0.3, -0.25) is 0 Å². The Hall–Kier alpha value is -0.390. The molecule has 1 saturated heterocycles. The van der Waals surface area contributed by atoms with Gasteiger partial charge in [-0.2, -0.15) is 0 Å². The average molecular weight is 374 g/mol. The molecular weight excluding hydrogens is 350 g/mol. The van der Waals surface area contributed by atoms with Gasteiger partial charge < -0.3 is 5.32 Å². The molecular formula is C16H24BrNO2S. The molecule has 2 unspecified atom stereocenters. The highest BCUT2D eigenvalue weighted by molar-refractivity contribution is 9.10. The number of sulfone groups is 1. The van der Waals surface area contributed by atoms with Crippen molar-refractivity contribution in [1.82, 2.24) is 5.32 Å². The molecule has 1 heterocycles. The van der Waals surface area contributed by atoms with Crippen LogP contribution < -0.4 is 5.32 Å². The molecule has 118 valence electrons. The third-order valence-corrected chi connectivity index (χ3v) is 7.25. The van der Waals surface area contributed by atoms with Gasteiger partial charge in [-0.1, -0.05) is 47.5 Å². The molecule has 0 aromatic heterocycles. The summed E-state index contributed by atoms with van der Waals surface area (Å²) in [4.78, 5) is 0. The van der Waals surface area contributed by atoms with Gasteiger partial charge >= 0.3 is 0 Å². The van der Waals surface area contributed by atoms with Crippen molar-refractivity contribution in [2.75, 3.05) is 12.3 Å². The van der Waals surface area contributed by atoms with Gasteiger partial charge in [-0.15, -0.1) is 0 Å². The summed E-state index contributed by atoms with van der Waals surface area (Å²) in [6, 6.07) is 8.09. The van der Waals surface area contributed by atoms with Gasteiger partial charge in [0.25, 0.3) is 0 Å². The van der Waals surface area contributed by atoms with E-state index in [9.17, 15) is 8.42 Å². The molecule has 0 aliphatic carbocycles. The lowest BCUT2D eigenvalue weighted by molar-refractivity contribution is 0.433. The number of rotatable bonds is 6. The maximum Gasteiger partial charge on any atom is 0.154 e. The molecule has 0 bridgehead atoms. The zero-order valence-corrected chi connectivity index (χ0v) is 14.9. The minimum Gasteiger partial charge on any atom is -0.312 e. The first kappa shape index (κ1) is 17.0. The van der Waals surface area contributed by atoms with Gasteiger partial charge in [0, 0.05) is 10.5 Å². The van der Waals surface area contributed by atoms with Crippen LogP contribution in [0, 0.1) is 0 Å². The van der Waals surface area contributed by atoms with Crippen LogP contribution in [0.25, 0.3) is 0 Å². The number of nitrogens with one attached hydrogen (secondary N) is 1. The van der Waals surface area contributed by atoms with Gasteiger partial charge in [0.05, 0.1) is 11.0 Å². The van der Waals surface area contributed by atoms with Gasteiger partial charge in [-0.05, 0) is 43.9 Å². The SMILES string of the molecule is CCCNC(Cc1ccccc1Br)C1CCCCS1(=O)=O. The van der Waals surface area contributed by atoms with Crippen LogP contribution in [0.1, 0.15) is 38.2 Å². The van der Waals surface area contributed by atoms with Crippen molar-refractivity contribution in [3.8, 4) is 0 Å². The van der Waals surface area contributed by atoms with E-state index >= 15 is 0 Å². The minimum atomic E-state index is -2.96. The van der Waals surface area contributed by atoms with Crippen molar-refractivity contribution >= 4 is 25.8 Å². The lowest BCUT2D eigenvalue weighted by Gasteiger charge is -2.31. The Labute approximate surface area is 136 Å². The van der Waals surface area contributed by atoms with Gasteiger partial charge in [0.2, 0.25) is 0 Å². The smallest absolute Gasteiger partial charge is 0.154 e.